The van der Waals surface area contributed by atoms with Gasteiger partial charge in [0.05, 0.1) is 0 Å². The number of rotatable bonds is 5. The highest BCUT2D eigenvalue weighted by Crippen LogP contribution is 2.06. The summed E-state index contributed by atoms with van der Waals surface area (Å²) in [5, 5.41) is 0. The molecule has 1 aromatic carbocycles. The van der Waals surface area contributed by atoms with Crippen molar-refractivity contribution < 1.29 is 17.3 Å². The van der Waals surface area contributed by atoms with E-state index in [1.54, 1.807) is 0 Å². The predicted molar refractivity (Wildman–Crippen MR) is 73.6 cm³/mol. The summed E-state index contributed by atoms with van der Waals surface area (Å²) in [4.78, 5) is 0. The quantitative estimate of drug-likeness (QED) is 0.431. The minimum Gasteiger partial charge on any atom is -0.418 e. The van der Waals surface area contributed by atoms with Crippen molar-refractivity contribution in [3.05, 3.63) is 35.9 Å². The van der Waals surface area contributed by atoms with Gasteiger partial charge in [0, 0.05) is 6.42 Å². The Hall–Kier alpha value is -0.645. The van der Waals surface area contributed by atoms with Crippen LogP contribution in [0.1, 0.15) is 19.4 Å². The van der Waals surface area contributed by atoms with Crippen molar-refractivity contribution in [1.82, 2.24) is 0 Å². The average Bonchev–Trinajstić information content (AvgIpc) is 2.29. The van der Waals surface area contributed by atoms with Gasteiger partial charge >= 0.3 is 7.25 Å². The van der Waals surface area contributed by atoms with Gasteiger partial charge in [0.15, 0.2) is 0 Å². The summed E-state index contributed by atoms with van der Waals surface area (Å²) in [5.74, 6) is 4.07. The molecule has 0 nitrogen and oxygen atoms in total. The first-order valence-corrected chi connectivity index (χ1v) is 7.65. The maximum Gasteiger partial charge on any atom is 0.673 e. The van der Waals surface area contributed by atoms with Crippen LogP contribution in [0.3, 0.4) is 0 Å². The first kappa shape index (κ1) is 17.4. The number of hydrogen-bond acceptors (Lipinski definition) is 0. The molecule has 1 rings (SSSR count). The number of hydrogen-bond donors (Lipinski definition) is 0. The van der Waals surface area contributed by atoms with Crippen molar-refractivity contribution in [2.24, 2.45) is 0 Å². The summed E-state index contributed by atoms with van der Waals surface area (Å²) in [6.45, 7) is 4.61. The Labute approximate surface area is 109 Å². The Balaban J connectivity index is 0.000000494. The molecule has 6 heteroatoms. The molecule has 0 saturated heterocycles. The van der Waals surface area contributed by atoms with E-state index in [9.17, 15) is 17.3 Å². The van der Waals surface area contributed by atoms with Gasteiger partial charge in [-0.05, 0) is 30.3 Å². The highest BCUT2D eigenvalue weighted by molar-refractivity contribution is 7.96. The first-order chi connectivity index (χ1) is 8.36. The van der Waals surface area contributed by atoms with Crippen molar-refractivity contribution in [3.63, 3.8) is 0 Å². The van der Waals surface area contributed by atoms with E-state index < -0.39 is 7.25 Å². The van der Waals surface area contributed by atoms with E-state index in [2.05, 4.69) is 44.2 Å². The summed E-state index contributed by atoms with van der Waals surface area (Å²) in [5.41, 5.74) is 1.49. The molecule has 0 aliphatic heterocycles. The summed E-state index contributed by atoms with van der Waals surface area (Å²) < 4.78 is 39.0. The van der Waals surface area contributed by atoms with Gasteiger partial charge in [-0.15, -0.1) is 0 Å². The monoisotopic (exact) mass is 282 g/mol. The molecule has 0 fully saturated rings. The molecule has 0 radical (unpaired) electrons. The standard InChI is InChI=1S/C12H19S.BF4/c1-3-13(4-2)11-10-12-8-6-5-7-9-12;2-1(3,4)5/h5-9H,3-4,10-11H2,1-2H3;/q+1;-1. The van der Waals surface area contributed by atoms with Gasteiger partial charge in [-0.1, -0.05) is 30.3 Å². The maximum absolute atomic E-state index is 9.75. The molecule has 0 spiro atoms. The van der Waals surface area contributed by atoms with Crippen LogP contribution in [0.4, 0.5) is 17.3 Å². The summed E-state index contributed by atoms with van der Waals surface area (Å²) in [6, 6.07) is 10.8. The van der Waals surface area contributed by atoms with Crippen LogP contribution in [-0.4, -0.2) is 24.5 Å². The molecule has 0 heterocycles. The molecule has 0 aromatic heterocycles. The van der Waals surface area contributed by atoms with Crippen LogP contribution in [-0.2, 0) is 17.3 Å². The van der Waals surface area contributed by atoms with Crippen molar-refractivity contribution in [1.29, 1.82) is 0 Å². The Morgan fingerprint density at radius 3 is 1.78 bits per heavy atom. The second-order valence-corrected chi connectivity index (χ2v) is 6.41. The lowest BCUT2D eigenvalue weighted by Gasteiger charge is -2.03. The van der Waals surface area contributed by atoms with Gasteiger partial charge in [-0.25, -0.2) is 0 Å². The van der Waals surface area contributed by atoms with E-state index in [1.807, 2.05) is 0 Å². The molecular weight excluding hydrogens is 263 g/mol. The van der Waals surface area contributed by atoms with E-state index >= 15 is 0 Å². The van der Waals surface area contributed by atoms with Gasteiger partial charge in [-0.3, -0.25) is 0 Å². The third-order valence-electron chi connectivity index (χ3n) is 2.34. The van der Waals surface area contributed by atoms with E-state index in [0.717, 1.165) is 0 Å². The number of halogens is 4. The zero-order valence-electron chi connectivity index (χ0n) is 10.7. The Kier molecular flexibility index (Phi) is 8.97. The smallest absolute Gasteiger partial charge is 0.418 e. The van der Waals surface area contributed by atoms with Crippen LogP contribution in [0.15, 0.2) is 30.3 Å². The first-order valence-electron chi connectivity index (χ1n) is 5.92. The molecule has 18 heavy (non-hydrogen) atoms. The molecule has 0 N–H and O–H groups in total. The molecule has 0 aliphatic rings. The Morgan fingerprint density at radius 2 is 1.39 bits per heavy atom. The van der Waals surface area contributed by atoms with Crippen LogP contribution in [0.5, 0.6) is 0 Å². The highest BCUT2D eigenvalue weighted by atomic mass is 32.2. The second kappa shape index (κ2) is 9.31. The fraction of sp³-hybridized carbons (Fsp3) is 0.500. The fourth-order valence-electron chi connectivity index (χ4n) is 1.40. The zero-order chi connectivity index (χ0) is 14.0. The van der Waals surface area contributed by atoms with Crippen LogP contribution in [0.25, 0.3) is 0 Å². The minimum atomic E-state index is -6.00. The summed E-state index contributed by atoms with van der Waals surface area (Å²) in [7, 11) is -5.34. The molecular formula is C12H19BF4S. The highest BCUT2D eigenvalue weighted by Gasteiger charge is 2.20. The van der Waals surface area contributed by atoms with Gasteiger partial charge < -0.3 is 17.3 Å². The van der Waals surface area contributed by atoms with Crippen LogP contribution < -0.4 is 0 Å². The van der Waals surface area contributed by atoms with Crippen molar-refractivity contribution >= 4 is 18.1 Å². The van der Waals surface area contributed by atoms with Gasteiger partial charge in [0.25, 0.3) is 0 Å². The molecule has 0 amide bonds. The second-order valence-electron chi connectivity index (χ2n) is 3.62. The fourth-order valence-corrected chi connectivity index (χ4v) is 2.91. The molecule has 0 unspecified atom stereocenters. The van der Waals surface area contributed by atoms with Crippen LogP contribution >= 0.6 is 0 Å². The van der Waals surface area contributed by atoms with E-state index in [4.69, 9.17) is 0 Å². The number of benzene rings is 1. The molecule has 0 aliphatic carbocycles. The molecule has 104 valence electrons. The Bertz CT molecular complexity index is 293. The maximum atomic E-state index is 9.75. The molecule has 0 saturated carbocycles. The van der Waals surface area contributed by atoms with Crippen molar-refractivity contribution in [2.75, 3.05) is 17.3 Å². The number of aryl methyl sites for hydroxylation is 1. The molecule has 0 bridgehead atoms. The van der Waals surface area contributed by atoms with Gasteiger partial charge in [-0.2, -0.15) is 0 Å². The summed E-state index contributed by atoms with van der Waals surface area (Å²) in [6.07, 6.45) is 1.26. The Morgan fingerprint density at radius 1 is 0.944 bits per heavy atom. The van der Waals surface area contributed by atoms with E-state index in [0.29, 0.717) is 10.9 Å². The lowest BCUT2D eigenvalue weighted by molar-refractivity contribution is 0.368. The third kappa shape index (κ3) is 11.8. The lowest BCUT2D eigenvalue weighted by Crippen LogP contribution is -2.14. The minimum absolute atomic E-state index is 0.661. The van der Waals surface area contributed by atoms with E-state index in [-0.39, 0.29) is 0 Å². The zero-order valence-corrected chi connectivity index (χ0v) is 11.5. The lowest BCUT2D eigenvalue weighted by atomic mass is 10.2. The molecule has 1 aromatic rings. The van der Waals surface area contributed by atoms with Crippen LogP contribution in [0, 0.1) is 0 Å². The van der Waals surface area contributed by atoms with Gasteiger partial charge in [0.1, 0.15) is 17.3 Å². The van der Waals surface area contributed by atoms with E-state index in [1.165, 1.54) is 29.2 Å². The van der Waals surface area contributed by atoms with Crippen molar-refractivity contribution in [3.8, 4) is 0 Å². The molecule has 0 atom stereocenters. The topological polar surface area (TPSA) is 0 Å². The van der Waals surface area contributed by atoms with Crippen LogP contribution in [0.2, 0.25) is 0 Å². The van der Waals surface area contributed by atoms with Gasteiger partial charge in [0.2, 0.25) is 0 Å². The SMILES string of the molecule is CC[S+](CC)CCc1ccccc1.F[B-](F)(F)F. The summed E-state index contributed by atoms with van der Waals surface area (Å²) >= 11 is 0. The largest absolute Gasteiger partial charge is 0.673 e. The average molecular weight is 282 g/mol. The third-order valence-corrected chi connectivity index (χ3v) is 4.75. The van der Waals surface area contributed by atoms with Crippen molar-refractivity contribution in [2.45, 2.75) is 20.3 Å². The normalized spacial score (nSPS) is 11.1. The predicted octanol–water partition coefficient (Wildman–Crippen LogP) is 4.19.